The van der Waals surface area contributed by atoms with Crippen molar-refractivity contribution in [2.24, 2.45) is 0 Å². The molecule has 0 aliphatic carbocycles. The monoisotopic (exact) mass is 198 g/mol. The van der Waals surface area contributed by atoms with Gasteiger partial charge in [0, 0.05) is 13.5 Å². The second-order valence-corrected chi connectivity index (χ2v) is 3.21. The Morgan fingerprint density at radius 1 is 1.64 bits per heavy atom. The first kappa shape index (κ1) is 10.7. The number of H-pyrrole nitrogens is 1. The number of hydrogen-bond donors (Lipinski definition) is 2. The number of rotatable bonds is 3. The van der Waals surface area contributed by atoms with E-state index in [1.54, 1.807) is 7.11 Å². The van der Waals surface area contributed by atoms with Crippen molar-refractivity contribution in [3.63, 3.8) is 0 Å². The molecule has 14 heavy (non-hydrogen) atoms. The second-order valence-electron chi connectivity index (χ2n) is 3.21. The topological polar surface area (TPSA) is 75.2 Å². The number of methoxy groups -OCH3 is 1. The van der Waals surface area contributed by atoms with Gasteiger partial charge in [0.2, 0.25) is 5.88 Å². The van der Waals surface area contributed by atoms with Crippen molar-refractivity contribution in [1.82, 2.24) is 9.97 Å². The molecule has 1 aromatic rings. The molecule has 5 heteroatoms. The summed E-state index contributed by atoms with van der Waals surface area (Å²) < 4.78 is 5.02. The van der Waals surface area contributed by atoms with Gasteiger partial charge >= 0.3 is 0 Å². The van der Waals surface area contributed by atoms with Crippen molar-refractivity contribution in [2.75, 3.05) is 7.11 Å². The average molecular weight is 198 g/mol. The van der Waals surface area contributed by atoms with Gasteiger partial charge in [0.15, 0.2) is 0 Å². The summed E-state index contributed by atoms with van der Waals surface area (Å²) in [4.78, 5) is 17.7. The molecule has 0 saturated heterocycles. The summed E-state index contributed by atoms with van der Waals surface area (Å²) in [5.74, 6) is 0.222. The molecule has 1 unspecified atom stereocenters. The lowest BCUT2D eigenvalue weighted by Gasteiger charge is -2.08. The maximum Gasteiger partial charge on any atom is 0.257 e. The van der Waals surface area contributed by atoms with Crippen LogP contribution in [0.5, 0.6) is 5.88 Å². The quantitative estimate of drug-likeness (QED) is 0.735. The molecule has 0 aromatic carbocycles. The van der Waals surface area contributed by atoms with Gasteiger partial charge < -0.3 is 14.8 Å². The minimum Gasteiger partial charge on any atom is -0.493 e. The SMILES string of the molecule is COC(C)Cc1nc(O)c(C)c(=O)[nH]1. The highest BCUT2D eigenvalue weighted by molar-refractivity contribution is 5.20. The lowest BCUT2D eigenvalue weighted by Crippen LogP contribution is -2.18. The predicted molar refractivity (Wildman–Crippen MR) is 51.4 cm³/mol. The van der Waals surface area contributed by atoms with Crippen LogP contribution in [-0.4, -0.2) is 28.3 Å². The number of aromatic nitrogens is 2. The largest absolute Gasteiger partial charge is 0.493 e. The first-order chi connectivity index (χ1) is 6.54. The Bertz CT molecular complexity index is 373. The minimum absolute atomic E-state index is 0.0414. The number of aromatic amines is 1. The van der Waals surface area contributed by atoms with Crippen LogP contribution in [-0.2, 0) is 11.2 Å². The molecule has 2 N–H and O–H groups in total. The van der Waals surface area contributed by atoms with E-state index in [0.717, 1.165) is 0 Å². The lowest BCUT2D eigenvalue weighted by molar-refractivity contribution is 0.117. The third kappa shape index (κ3) is 2.32. The third-order valence-corrected chi connectivity index (χ3v) is 2.06. The fraction of sp³-hybridized carbons (Fsp3) is 0.556. The van der Waals surface area contributed by atoms with Crippen LogP contribution in [0.1, 0.15) is 18.3 Å². The third-order valence-electron chi connectivity index (χ3n) is 2.06. The molecule has 0 radical (unpaired) electrons. The van der Waals surface area contributed by atoms with Crippen LogP contribution in [0, 0.1) is 6.92 Å². The zero-order valence-electron chi connectivity index (χ0n) is 8.50. The Kier molecular flexibility index (Phi) is 3.24. The maximum absolute atomic E-state index is 11.2. The van der Waals surface area contributed by atoms with Crippen LogP contribution in [0.15, 0.2) is 4.79 Å². The van der Waals surface area contributed by atoms with Crippen LogP contribution in [0.3, 0.4) is 0 Å². The number of aromatic hydroxyl groups is 1. The van der Waals surface area contributed by atoms with E-state index < -0.39 is 0 Å². The average Bonchev–Trinajstić information content (AvgIpc) is 2.14. The number of ether oxygens (including phenoxy) is 1. The molecular formula is C9H14N2O3. The van der Waals surface area contributed by atoms with Gasteiger partial charge in [0.25, 0.3) is 5.56 Å². The van der Waals surface area contributed by atoms with Crippen molar-refractivity contribution in [3.05, 3.63) is 21.7 Å². The molecule has 0 aliphatic heterocycles. The molecular weight excluding hydrogens is 184 g/mol. The molecule has 0 spiro atoms. The summed E-state index contributed by atoms with van der Waals surface area (Å²) in [6, 6.07) is 0. The Labute approximate surface area is 81.8 Å². The normalized spacial score (nSPS) is 12.8. The lowest BCUT2D eigenvalue weighted by atomic mass is 10.2. The number of nitrogens with one attached hydrogen (secondary N) is 1. The van der Waals surface area contributed by atoms with E-state index in [0.29, 0.717) is 12.2 Å². The molecule has 0 saturated carbocycles. The van der Waals surface area contributed by atoms with Crippen molar-refractivity contribution < 1.29 is 9.84 Å². The standard InChI is InChI=1S/C9H14N2O3/c1-5(14-3)4-7-10-8(12)6(2)9(13)11-7/h5H,4H2,1-3H3,(H2,10,11,12,13). The van der Waals surface area contributed by atoms with Crippen molar-refractivity contribution in [1.29, 1.82) is 0 Å². The van der Waals surface area contributed by atoms with Crippen LogP contribution < -0.4 is 5.56 Å². The fourth-order valence-electron chi connectivity index (χ4n) is 1.02. The molecule has 0 fully saturated rings. The minimum atomic E-state index is -0.309. The summed E-state index contributed by atoms with van der Waals surface area (Å²) >= 11 is 0. The molecule has 1 atom stereocenters. The van der Waals surface area contributed by atoms with Gasteiger partial charge in [-0.3, -0.25) is 4.79 Å². The highest BCUT2D eigenvalue weighted by atomic mass is 16.5. The zero-order chi connectivity index (χ0) is 10.7. The molecule has 78 valence electrons. The summed E-state index contributed by atoms with van der Waals surface area (Å²) in [6.07, 6.45) is 0.430. The van der Waals surface area contributed by atoms with Gasteiger partial charge in [-0.1, -0.05) is 0 Å². The first-order valence-corrected chi connectivity index (χ1v) is 4.36. The first-order valence-electron chi connectivity index (χ1n) is 4.36. The van der Waals surface area contributed by atoms with E-state index in [9.17, 15) is 9.90 Å². The van der Waals surface area contributed by atoms with Crippen molar-refractivity contribution in [2.45, 2.75) is 26.4 Å². The number of nitrogens with zero attached hydrogens (tertiary/aromatic N) is 1. The highest BCUT2D eigenvalue weighted by Crippen LogP contribution is 2.07. The molecule has 5 nitrogen and oxygen atoms in total. The molecule has 0 aliphatic rings. The van der Waals surface area contributed by atoms with Gasteiger partial charge in [0.1, 0.15) is 5.82 Å². The summed E-state index contributed by atoms with van der Waals surface area (Å²) in [5.41, 5.74) is -0.0744. The van der Waals surface area contributed by atoms with Crippen molar-refractivity contribution in [3.8, 4) is 5.88 Å². The number of hydrogen-bond acceptors (Lipinski definition) is 4. The van der Waals surface area contributed by atoms with E-state index in [2.05, 4.69) is 9.97 Å². The van der Waals surface area contributed by atoms with Gasteiger partial charge in [0.05, 0.1) is 11.7 Å². The van der Waals surface area contributed by atoms with E-state index in [1.165, 1.54) is 6.92 Å². The zero-order valence-corrected chi connectivity index (χ0v) is 8.50. The molecule has 0 bridgehead atoms. The van der Waals surface area contributed by atoms with Crippen molar-refractivity contribution >= 4 is 0 Å². The van der Waals surface area contributed by atoms with Gasteiger partial charge in [-0.05, 0) is 13.8 Å². The summed E-state index contributed by atoms with van der Waals surface area (Å²) in [5, 5.41) is 9.29. The summed E-state index contributed by atoms with van der Waals surface area (Å²) in [6.45, 7) is 3.38. The van der Waals surface area contributed by atoms with E-state index in [-0.39, 0.29) is 23.1 Å². The van der Waals surface area contributed by atoms with Crippen LogP contribution in [0.2, 0.25) is 0 Å². The van der Waals surface area contributed by atoms with Crippen LogP contribution in [0.4, 0.5) is 0 Å². The molecule has 0 amide bonds. The van der Waals surface area contributed by atoms with Gasteiger partial charge in [-0.2, -0.15) is 4.98 Å². The van der Waals surface area contributed by atoms with Gasteiger partial charge in [-0.15, -0.1) is 0 Å². The maximum atomic E-state index is 11.2. The fourth-order valence-corrected chi connectivity index (χ4v) is 1.02. The van der Waals surface area contributed by atoms with Crippen LogP contribution in [0.25, 0.3) is 0 Å². The van der Waals surface area contributed by atoms with E-state index in [4.69, 9.17) is 4.74 Å². The van der Waals surface area contributed by atoms with E-state index in [1.807, 2.05) is 6.92 Å². The second kappa shape index (κ2) is 4.23. The van der Waals surface area contributed by atoms with E-state index >= 15 is 0 Å². The summed E-state index contributed by atoms with van der Waals surface area (Å²) in [7, 11) is 1.58. The Morgan fingerprint density at radius 3 is 2.79 bits per heavy atom. The molecule has 1 heterocycles. The molecule has 1 rings (SSSR count). The smallest absolute Gasteiger partial charge is 0.257 e. The van der Waals surface area contributed by atoms with Crippen LogP contribution >= 0.6 is 0 Å². The highest BCUT2D eigenvalue weighted by Gasteiger charge is 2.08. The Balaban J connectivity index is 2.96. The van der Waals surface area contributed by atoms with Gasteiger partial charge in [-0.25, -0.2) is 0 Å². The molecule has 1 aromatic heterocycles. The Morgan fingerprint density at radius 2 is 2.29 bits per heavy atom. The predicted octanol–water partition coefficient (Wildman–Crippen LogP) is 0.361. The Hall–Kier alpha value is -1.36.